The first-order valence-electron chi connectivity index (χ1n) is 5.53. The highest BCUT2D eigenvalue weighted by Gasteiger charge is 2.17. The lowest BCUT2D eigenvalue weighted by Crippen LogP contribution is -2.14. The van der Waals surface area contributed by atoms with E-state index in [0.29, 0.717) is 16.4 Å². The number of aryl methyl sites for hydroxylation is 1. The van der Waals surface area contributed by atoms with Crippen molar-refractivity contribution >= 4 is 33.0 Å². The SMILES string of the molecule is Cc1cccc(Cl)c1NS(=O)(=O)c1cccc(N)c1. The van der Waals surface area contributed by atoms with E-state index in [0.717, 1.165) is 5.56 Å². The van der Waals surface area contributed by atoms with Gasteiger partial charge in [-0.2, -0.15) is 0 Å². The first-order chi connectivity index (χ1) is 8.90. The molecule has 0 bridgehead atoms. The van der Waals surface area contributed by atoms with Crippen LogP contribution in [0.15, 0.2) is 47.4 Å². The molecule has 0 unspecified atom stereocenters. The number of rotatable bonds is 3. The maximum absolute atomic E-state index is 12.2. The second kappa shape index (κ2) is 5.11. The fourth-order valence-electron chi connectivity index (χ4n) is 1.64. The van der Waals surface area contributed by atoms with Crippen molar-refractivity contribution in [2.45, 2.75) is 11.8 Å². The topological polar surface area (TPSA) is 72.2 Å². The molecule has 2 rings (SSSR count). The number of halogens is 1. The van der Waals surface area contributed by atoms with Crippen LogP contribution < -0.4 is 10.5 Å². The van der Waals surface area contributed by atoms with Gasteiger partial charge in [0, 0.05) is 5.69 Å². The van der Waals surface area contributed by atoms with Crippen LogP contribution in [0.4, 0.5) is 11.4 Å². The molecule has 0 heterocycles. The van der Waals surface area contributed by atoms with E-state index < -0.39 is 10.0 Å². The predicted octanol–water partition coefficient (Wildman–Crippen LogP) is 3.03. The third-order valence-corrected chi connectivity index (χ3v) is 4.29. The van der Waals surface area contributed by atoms with Gasteiger partial charge < -0.3 is 5.73 Å². The Morgan fingerprint density at radius 2 is 1.84 bits per heavy atom. The van der Waals surface area contributed by atoms with E-state index >= 15 is 0 Å². The average Bonchev–Trinajstić information content (AvgIpc) is 2.34. The summed E-state index contributed by atoms with van der Waals surface area (Å²) in [7, 11) is -3.70. The highest BCUT2D eigenvalue weighted by Crippen LogP contribution is 2.28. The third-order valence-electron chi connectivity index (χ3n) is 2.63. The molecule has 0 amide bonds. The van der Waals surface area contributed by atoms with Crippen molar-refractivity contribution < 1.29 is 8.42 Å². The number of nitrogen functional groups attached to an aromatic ring is 1. The van der Waals surface area contributed by atoms with Crippen molar-refractivity contribution in [3.05, 3.63) is 53.1 Å². The molecule has 0 aliphatic rings. The van der Waals surface area contributed by atoms with Gasteiger partial charge in [0.2, 0.25) is 0 Å². The lowest BCUT2D eigenvalue weighted by molar-refractivity contribution is 0.601. The van der Waals surface area contributed by atoms with Gasteiger partial charge in [0.05, 0.1) is 15.6 Å². The molecule has 0 aromatic heterocycles. The van der Waals surface area contributed by atoms with Crippen molar-refractivity contribution in [2.75, 3.05) is 10.5 Å². The fourth-order valence-corrected chi connectivity index (χ4v) is 3.17. The zero-order valence-corrected chi connectivity index (χ0v) is 11.8. The Kier molecular flexibility index (Phi) is 3.68. The second-order valence-electron chi connectivity index (χ2n) is 4.11. The average molecular weight is 297 g/mol. The molecule has 0 aliphatic carbocycles. The van der Waals surface area contributed by atoms with Gasteiger partial charge in [-0.3, -0.25) is 4.72 Å². The number of nitrogens with two attached hydrogens (primary N) is 1. The number of benzene rings is 2. The number of hydrogen-bond donors (Lipinski definition) is 2. The van der Waals surface area contributed by atoms with Crippen LogP contribution in [-0.4, -0.2) is 8.42 Å². The Bertz CT molecular complexity index is 694. The molecule has 0 atom stereocenters. The Labute approximate surface area is 117 Å². The van der Waals surface area contributed by atoms with Gasteiger partial charge in [-0.05, 0) is 36.8 Å². The fraction of sp³-hybridized carbons (Fsp3) is 0.0769. The predicted molar refractivity (Wildman–Crippen MR) is 77.9 cm³/mol. The van der Waals surface area contributed by atoms with E-state index in [-0.39, 0.29) is 4.90 Å². The molecule has 6 heteroatoms. The summed E-state index contributed by atoms with van der Waals surface area (Å²) < 4.78 is 26.9. The minimum atomic E-state index is -3.70. The molecule has 0 aliphatic heterocycles. The zero-order chi connectivity index (χ0) is 14.0. The molecule has 4 nitrogen and oxygen atoms in total. The standard InChI is InChI=1S/C13H13ClN2O2S/c1-9-4-2-7-12(14)13(9)16-19(17,18)11-6-3-5-10(15)8-11/h2-8,16H,15H2,1H3. The van der Waals surface area contributed by atoms with Crippen LogP contribution in [0.25, 0.3) is 0 Å². The van der Waals surface area contributed by atoms with Crippen LogP contribution >= 0.6 is 11.6 Å². The van der Waals surface area contributed by atoms with Crippen molar-refractivity contribution in [2.24, 2.45) is 0 Å². The first-order valence-corrected chi connectivity index (χ1v) is 7.40. The molecule has 0 spiro atoms. The molecule has 2 aromatic rings. The summed E-state index contributed by atoms with van der Waals surface area (Å²) in [5, 5.41) is 0.354. The molecule has 2 aromatic carbocycles. The summed E-state index contributed by atoms with van der Waals surface area (Å²) >= 11 is 6.00. The lowest BCUT2D eigenvalue weighted by atomic mass is 10.2. The Balaban J connectivity index is 2.42. The van der Waals surface area contributed by atoms with Gasteiger partial charge in [0.1, 0.15) is 0 Å². The lowest BCUT2D eigenvalue weighted by Gasteiger charge is -2.12. The summed E-state index contributed by atoms with van der Waals surface area (Å²) in [5.41, 5.74) is 7.11. The number of nitrogens with one attached hydrogen (secondary N) is 1. The molecule has 0 fully saturated rings. The number of hydrogen-bond acceptors (Lipinski definition) is 3. The molecule has 100 valence electrons. The number of para-hydroxylation sites is 1. The summed E-state index contributed by atoms with van der Waals surface area (Å²) in [5.74, 6) is 0. The maximum atomic E-state index is 12.2. The normalized spacial score (nSPS) is 11.3. The zero-order valence-electron chi connectivity index (χ0n) is 10.2. The van der Waals surface area contributed by atoms with Crippen LogP contribution in [0.5, 0.6) is 0 Å². The van der Waals surface area contributed by atoms with Crippen LogP contribution in [-0.2, 0) is 10.0 Å². The van der Waals surface area contributed by atoms with Gasteiger partial charge in [-0.15, -0.1) is 0 Å². The van der Waals surface area contributed by atoms with Crippen LogP contribution in [0.2, 0.25) is 5.02 Å². The summed E-state index contributed by atoms with van der Waals surface area (Å²) in [6, 6.07) is 11.3. The molecular weight excluding hydrogens is 284 g/mol. The van der Waals surface area contributed by atoms with E-state index in [2.05, 4.69) is 4.72 Å². The molecule has 19 heavy (non-hydrogen) atoms. The van der Waals surface area contributed by atoms with Gasteiger partial charge in [-0.1, -0.05) is 29.8 Å². The van der Waals surface area contributed by atoms with Crippen molar-refractivity contribution in [3.63, 3.8) is 0 Å². The summed E-state index contributed by atoms with van der Waals surface area (Å²) in [6.07, 6.45) is 0. The molecule has 0 radical (unpaired) electrons. The van der Waals surface area contributed by atoms with Gasteiger partial charge >= 0.3 is 0 Å². The van der Waals surface area contributed by atoms with E-state index in [1.54, 1.807) is 37.3 Å². The molecular formula is C13H13ClN2O2S. The van der Waals surface area contributed by atoms with E-state index in [1.165, 1.54) is 12.1 Å². The maximum Gasteiger partial charge on any atom is 0.262 e. The van der Waals surface area contributed by atoms with E-state index in [4.69, 9.17) is 17.3 Å². The minimum absolute atomic E-state index is 0.104. The quantitative estimate of drug-likeness (QED) is 0.855. The third kappa shape index (κ3) is 3.00. The van der Waals surface area contributed by atoms with Crippen LogP contribution in [0.1, 0.15) is 5.56 Å². The molecule has 0 saturated heterocycles. The highest BCUT2D eigenvalue weighted by molar-refractivity contribution is 7.92. The van der Waals surface area contributed by atoms with E-state index in [1.807, 2.05) is 0 Å². The monoisotopic (exact) mass is 296 g/mol. The molecule has 0 saturated carbocycles. The Hall–Kier alpha value is -1.72. The smallest absolute Gasteiger partial charge is 0.262 e. The Morgan fingerprint density at radius 1 is 1.16 bits per heavy atom. The van der Waals surface area contributed by atoms with Crippen molar-refractivity contribution in [3.8, 4) is 0 Å². The largest absolute Gasteiger partial charge is 0.399 e. The summed E-state index contributed by atoms with van der Waals surface area (Å²) in [6.45, 7) is 1.78. The van der Waals surface area contributed by atoms with Gasteiger partial charge in [0.25, 0.3) is 10.0 Å². The summed E-state index contributed by atoms with van der Waals surface area (Å²) in [4.78, 5) is 0.104. The van der Waals surface area contributed by atoms with Gasteiger partial charge in [-0.25, -0.2) is 8.42 Å². The number of anilines is 2. The highest BCUT2D eigenvalue weighted by atomic mass is 35.5. The Morgan fingerprint density at radius 3 is 2.47 bits per heavy atom. The minimum Gasteiger partial charge on any atom is -0.399 e. The van der Waals surface area contributed by atoms with Crippen molar-refractivity contribution in [1.29, 1.82) is 0 Å². The first kappa shape index (κ1) is 13.7. The van der Waals surface area contributed by atoms with Crippen LogP contribution in [0, 0.1) is 6.92 Å². The van der Waals surface area contributed by atoms with Crippen LogP contribution in [0.3, 0.4) is 0 Å². The van der Waals surface area contributed by atoms with Crippen molar-refractivity contribution in [1.82, 2.24) is 0 Å². The molecule has 3 N–H and O–H groups in total. The van der Waals surface area contributed by atoms with Gasteiger partial charge in [0.15, 0.2) is 0 Å². The van der Waals surface area contributed by atoms with E-state index in [9.17, 15) is 8.42 Å². The number of sulfonamides is 1. The second-order valence-corrected chi connectivity index (χ2v) is 6.20.